The molecule has 0 radical (unpaired) electrons. The zero-order valence-corrected chi connectivity index (χ0v) is 12.2. The number of benzene rings is 1. The summed E-state index contributed by atoms with van der Waals surface area (Å²) >= 11 is 0. The van der Waals surface area contributed by atoms with Crippen molar-refractivity contribution >= 4 is 5.69 Å². The Balaban J connectivity index is 2.56. The highest BCUT2D eigenvalue weighted by Gasteiger charge is 2.09. The average Bonchev–Trinajstić information content (AvgIpc) is 2.25. The summed E-state index contributed by atoms with van der Waals surface area (Å²) in [5.41, 5.74) is 3.68. The third-order valence-corrected chi connectivity index (χ3v) is 2.89. The first-order valence-corrected chi connectivity index (χ1v) is 6.59. The standard InChI is InChI=1S/C15H26N2O/c1-11(2)16-9-15(18)10-17(5)14-7-12(3)6-13(4)8-14/h6-8,11,15-16,18H,9-10H2,1-5H3. The lowest BCUT2D eigenvalue weighted by molar-refractivity contribution is 0.175. The summed E-state index contributed by atoms with van der Waals surface area (Å²) in [6.45, 7) is 9.64. The lowest BCUT2D eigenvalue weighted by Crippen LogP contribution is -2.38. The number of aliphatic hydroxyl groups excluding tert-OH is 1. The molecular formula is C15H26N2O. The average molecular weight is 250 g/mol. The number of likely N-dealkylation sites (N-methyl/N-ethyl adjacent to an activating group) is 1. The summed E-state index contributed by atoms with van der Waals surface area (Å²) < 4.78 is 0. The van der Waals surface area contributed by atoms with Crippen LogP contribution in [0.2, 0.25) is 0 Å². The SMILES string of the molecule is Cc1cc(C)cc(N(C)CC(O)CNC(C)C)c1. The van der Waals surface area contributed by atoms with Crippen LogP contribution in [0, 0.1) is 13.8 Å². The van der Waals surface area contributed by atoms with Crippen LogP contribution in [-0.2, 0) is 0 Å². The van der Waals surface area contributed by atoms with E-state index in [1.807, 2.05) is 7.05 Å². The summed E-state index contributed by atoms with van der Waals surface area (Å²) in [5, 5.41) is 13.2. The Labute approximate surface area is 111 Å². The molecule has 3 nitrogen and oxygen atoms in total. The van der Waals surface area contributed by atoms with Crippen molar-refractivity contribution in [3.8, 4) is 0 Å². The minimum absolute atomic E-state index is 0.349. The highest BCUT2D eigenvalue weighted by molar-refractivity contribution is 5.50. The van der Waals surface area contributed by atoms with E-state index >= 15 is 0 Å². The maximum absolute atomic E-state index is 9.96. The van der Waals surface area contributed by atoms with E-state index in [1.165, 1.54) is 11.1 Å². The van der Waals surface area contributed by atoms with Crippen molar-refractivity contribution in [3.05, 3.63) is 29.3 Å². The van der Waals surface area contributed by atoms with Crippen LogP contribution in [0.4, 0.5) is 5.69 Å². The van der Waals surface area contributed by atoms with Gasteiger partial charge in [0, 0.05) is 31.9 Å². The van der Waals surface area contributed by atoms with Crippen LogP contribution >= 0.6 is 0 Å². The monoisotopic (exact) mass is 250 g/mol. The minimum atomic E-state index is -0.349. The predicted molar refractivity (Wildman–Crippen MR) is 78.3 cm³/mol. The fraction of sp³-hybridized carbons (Fsp3) is 0.600. The van der Waals surface area contributed by atoms with E-state index in [0.29, 0.717) is 19.1 Å². The smallest absolute Gasteiger partial charge is 0.0839 e. The van der Waals surface area contributed by atoms with Crippen molar-refractivity contribution in [1.82, 2.24) is 5.32 Å². The number of aryl methyl sites for hydroxylation is 2. The van der Waals surface area contributed by atoms with Crippen LogP contribution in [0.15, 0.2) is 18.2 Å². The van der Waals surface area contributed by atoms with Crippen molar-refractivity contribution in [1.29, 1.82) is 0 Å². The van der Waals surface area contributed by atoms with Crippen LogP contribution in [0.1, 0.15) is 25.0 Å². The lowest BCUT2D eigenvalue weighted by atomic mass is 10.1. The van der Waals surface area contributed by atoms with Gasteiger partial charge in [-0.05, 0) is 37.1 Å². The second-order valence-electron chi connectivity index (χ2n) is 5.44. The number of nitrogens with zero attached hydrogens (tertiary/aromatic N) is 1. The first kappa shape index (κ1) is 15.0. The van der Waals surface area contributed by atoms with Gasteiger partial charge in [0.1, 0.15) is 0 Å². The first-order chi connectivity index (χ1) is 8.38. The molecule has 0 aromatic heterocycles. The Hall–Kier alpha value is -1.06. The highest BCUT2D eigenvalue weighted by atomic mass is 16.3. The fourth-order valence-electron chi connectivity index (χ4n) is 2.03. The van der Waals surface area contributed by atoms with E-state index in [0.717, 1.165) is 5.69 Å². The van der Waals surface area contributed by atoms with Gasteiger partial charge in [-0.1, -0.05) is 19.9 Å². The molecule has 1 unspecified atom stereocenters. The highest BCUT2D eigenvalue weighted by Crippen LogP contribution is 2.17. The molecule has 0 saturated heterocycles. The van der Waals surface area contributed by atoms with E-state index in [2.05, 4.69) is 56.1 Å². The van der Waals surface area contributed by atoms with Gasteiger partial charge < -0.3 is 15.3 Å². The zero-order valence-electron chi connectivity index (χ0n) is 12.2. The Morgan fingerprint density at radius 1 is 1.17 bits per heavy atom. The normalized spacial score (nSPS) is 12.8. The van der Waals surface area contributed by atoms with Crippen molar-refractivity contribution in [2.75, 3.05) is 25.0 Å². The van der Waals surface area contributed by atoms with Crippen LogP contribution in [0.3, 0.4) is 0 Å². The third kappa shape index (κ3) is 5.07. The van der Waals surface area contributed by atoms with E-state index < -0.39 is 0 Å². The summed E-state index contributed by atoms with van der Waals surface area (Å²) in [7, 11) is 2.02. The largest absolute Gasteiger partial charge is 0.390 e. The molecule has 1 atom stereocenters. The minimum Gasteiger partial charge on any atom is -0.390 e. The zero-order chi connectivity index (χ0) is 13.7. The van der Waals surface area contributed by atoms with Gasteiger partial charge in [-0.2, -0.15) is 0 Å². The molecule has 102 valence electrons. The Morgan fingerprint density at radius 2 is 1.72 bits per heavy atom. The van der Waals surface area contributed by atoms with Gasteiger partial charge in [0.15, 0.2) is 0 Å². The molecule has 0 fully saturated rings. The van der Waals surface area contributed by atoms with Gasteiger partial charge >= 0.3 is 0 Å². The number of rotatable bonds is 6. The van der Waals surface area contributed by atoms with Crippen molar-refractivity contribution < 1.29 is 5.11 Å². The predicted octanol–water partition coefficient (Wildman–Crippen LogP) is 2.10. The molecule has 0 aliphatic heterocycles. The van der Waals surface area contributed by atoms with Crippen LogP contribution < -0.4 is 10.2 Å². The Kier molecular flexibility index (Phi) is 5.63. The van der Waals surface area contributed by atoms with Gasteiger partial charge in [0.2, 0.25) is 0 Å². The van der Waals surface area contributed by atoms with Crippen LogP contribution in [0.5, 0.6) is 0 Å². The quantitative estimate of drug-likeness (QED) is 0.811. The van der Waals surface area contributed by atoms with E-state index in [4.69, 9.17) is 0 Å². The molecule has 1 aromatic carbocycles. The number of aliphatic hydroxyl groups is 1. The van der Waals surface area contributed by atoms with Gasteiger partial charge in [-0.15, -0.1) is 0 Å². The summed E-state index contributed by atoms with van der Waals surface area (Å²) in [6, 6.07) is 6.87. The Morgan fingerprint density at radius 3 is 2.22 bits per heavy atom. The molecule has 0 heterocycles. The number of anilines is 1. The van der Waals surface area contributed by atoms with Gasteiger partial charge in [-0.3, -0.25) is 0 Å². The first-order valence-electron chi connectivity index (χ1n) is 6.59. The van der Waals surface area contributed by atoms with Gasteiger partial charge in [0.25, 0.3) is 0 Å². The number of hydrogen-bond donors (Lipinski definition) is 2. The van der Waals surface area contributed by atoms with Crippen molar-refractivity contribution in [3.63, 3.8) is 0 Å². The molecule has 18 heavy (non-hydrogen) atoms. The fourth-order valence-corrected chi connectivity index (χ4v) is 2.03. The topological polar surface area (TPSA) is 35.5 Å². The lowest BCUT2D eigenvalue weighted by Gasteiger charge is -2.24. The molecule has 1 aromatic rings. The molecular weight excluding hydrogens is 224 g/mol. The van der Waals surface area contributed by atoms with E-state index in [-0.39, 0.29) is 6.10 Å². The molecule has 0 spiro atoms. The number of hydrogen-bond acceptors (Lipinski definition) is 3. The Bertz CT molecular complexity index is 357. The maximum atomic E-state index is 9.96. The van der Waals surface area contributed by atoms with E-state index in [9.17, 15) is 5.11 Å². The maximum Gasteiger partial charge on any atom is 0.0839 e. The number of nitrogens with one attached hydrogen (secondary N) is 1. The van der Waals surface area contributed by atoms with E-state index in [1.54, 1.807) is 0 Å². The molecule has 2 N–H and O–H groups in total. The van der Waals surface area contributed by atoms with Crippen LogP contribution in [-0.4, -0.2) is 37.4 Å². The van der Waals surface area contributed by atoms with Crippen molar-refractivity contribution in [2.45, 2.75) is 39.8 Å². The summed E-state index contributed by atoms with van der Waals surface area (Å²) in [6.07, 6.45) is -0.349. The van der Waals surface area contributed by atoms with Gasteiger partial charge in [-0.25, -0.2) is 0 Å². The molecule has 0 saturated carbocycles. The third-order valence-electron chi connectivity index (χ3n) is 2.89. The summed E-state index contributed by atoms with van der Waals surface area (Å²) in [5.74, 6) is 0. The van der Waals surface area contributed by atoms with Crippen LogP contribution in [0.25, 0.3) is 0 Å². The second-order valence-corrected chi connectivity index (χ2v) is 5.44. The molecule has 1 rings (SSSR count). The molecule has 3 heteroatoms. The second kappa shape index (κ2) is 6.76. The molecule has 0 aliphatic carbocycles. The summed E-state index contributed by atoms with van der Waals surface area (Å²) in [4.78, 5) is 2.10. The molecule has 0 bridgehead atoms. The van der Waals surface area contributed by atoms with Gasteiger partial charge in [0.05, 0.1) is 6.10 Å². The molecule has 0 amide bonds. The van der Waals surface area contributed by atoms with Crippen molar-refractivity contribution in [2.24, 2.45) is 0 Å². The molecule has 0 aliphatic rings.